The van der Waals surface area contributed by atoms with Gasteiger partial charge in [0.05, 0.1) is 12.8 Å². The largest absolute Gasteiger partial charge is 0.496 e. The minimum absolute atomic E-state index is 0.610. The van der Waals surface area contributed by atoms with Crippen molar-refractivity contribution in [2.75, 3.05) is 30.4 Å². The molecule has 0 amide bonds. The van der Waals surface area contributed by atoms with E-state index in [1.807, 2.05) is 36.4 Å². The Morgan fingerprint density at radius 2 is 1.72 bits per heavy atom. The molecule has 4 rings (SSSR count). The fourth-order valence-electron chi connectivity index (χ4n) is 3.69. The highest BCUT2D eigenvalue weighted by molar-refractivity contribution is 5.65. The van der Waals surface area contributed by atoms with E-state index < -0.39 is 0 Å². The van der Waals surface area contributed by atoms with E-state index in [0.717, 1.165) is 47.4 Å². The number of hydrogen-bond acceptors (Lipinski definition) is 5. The molecule has 3 aromatic rings. The molecule has 29 heavy (non-hydrogen) atoms. The van der Waals surface area contributed by atoms with Crippen molar-refractivity contribution in [3.8, 4) is 17.0 Å². The van der Waals surface area contributed by atoms with Crippen LogP contribution in [0.15, 0.2) is 60.7 Å². The number of aromatic nitrogens is 2. The fraction of sp³-hybridized carbons (Fsp3) is 0.333. The minimum atomic E-state index is 0.610. The first kappa shape index (κ1) is 19.2. The van der Waals surface area contributed by atoms with E-state index in [1.165, 1.54) is 12.8 Å². The molecule has 0 aliphatic carbocycles. The van der Waals surface area contributed by atoms with E-state index in [9.17, 15) is 0 Å². The standard InChI is InChI=1S/C24H28N4O/c1-18-12-14-28(15-13-18)23-16-21(19-8-4-3-5-9-19)26-24(27-23)25-17-20-10-6-7-11-22(20)29-2/h3-11,16,18H,12-15,17H2,1-2H3,(H,25,26,27). The van der Waals surface area contributed by atoms with Crippen LogP contribution in [0.3, 0.4) is 0 Å². The second-order valence-corrected chi connectivity index (χ2v) is 7.64. The zero-order valence-corrected chi connectivity index (χ0v) is 17.1. The van der Waals surface area contributed by atoms with Gasteiger partial charge in [-0.3, -0.25) is 0 Å². The van der Waals surface area contributed by atoms with Crippen LogP contribution in [0.4, 0.5) is 11.8 Å². The molecule has 0 radical (unpaired) electrons. The van der Waals surface area contributed by atoms with Gasteiger partial charge in [0.15, 0.2) is 0 Å². The zero-order valence-electron chi connectivity index (χ0n) is 17.1. The summed E-state index contributed by atoms with van der Waals surface area (Å²) in [6, 6.07) is 20.4. The van der Waals surface area contributed by atoms with E-state index in [4.69, 9.17) is 14.7 Å². The van der Waals surface area contributed by atoms with Crippen molar-refractivity contribution in [1.82, 2.24) is 9.97 Å². The van der Waals surface area contributed by atoms with Gasteiger partial charge in [-0.25, -0.2) is 4.98 Å². The van der Waals surface area contributed by atoms with E-state index in [2.05, 4.69) is 41.4 Å². The number of benzene rings is 2. The lowest BCUT2D eigenvalue weighted by Crippen LogP contribution is -2.33. The van der Waals surface area contributed by atoms with Crippen molar-refractivity contribution in [3.63, 3.8) is 0 Å². The van der Waals surface area contributed by atoms with Crippen LogP contribution >= 0.6 is 0 Å². The van der Waals surface area contributed by atoms with Crippen molar-refractivity contribution < 1.29 is 4.74 Å². The molecule has 0 bridgehead atoms. The van der Waals surface area contributed by atoms with Gasteiger partial charge in [-0.15, -0.1) is 0 Å². The molecule has 1 N–H and O–H groups in total. The zero-order chi connectivity index (χ0) is 20.1. The van der Waals surface area contributed by atoms with Gasteiger partial charge in [0.2, 0.25) is 5.95 Å². The summed E-state index contributed by atoms with van der Waals surface area (Å²) in [4.78, 5) is 12.0. The first-order valence-corrected chi connectivity index (χ1v) is 10.3. The van der Waals surface area contributed by atoms with Crippen molar-refractivity contribution in [3.05, 3.63) is 66.2 Å². The number of para-hydroxylation sites is 1. The molecule has 2 heterocycles. The number of rotatable bonds is 6. The summed E-state index contributed by atoms with van der Waals surface area (Å²) in [5.41, 5.74) is 3.12. The summed E-state index contributed by atoms with van der Waals surface area (Å²) < 4.78 is 5.47. The SMILES string of the molecule is COc1ccccc1CNc1nc(-c2ccccc2)cc(N2CCC(C)CC2)n1. The summed E-state index contributed by atoms with van der Waals surface area (Å²) in [5, 5.41) is 3.41. The van der Waals surface area contributed by atoms with Crippen LogP contribution in [0.2, 0.25) is 0 Å². The Morgan fingerprint density at radius 1 is 1.00 bits per heavy atom. The fourth-order valence-corrected chi connectivity index (χ4v) is 3.69. The number of anilines is 2. The third kappa shape index (κ3) is 4.67. The summed E-state index contributed by atoms with van der Waals surface area (Å²) in [5.74, 6) is 3.29. The predicted molar refractivity (Wildman–Crippen MR) is 118 cm³/mol. The molecule has 0 atom stereocenters. The smallest absolute Gasteiger partial charge is 0.225 e. The first-order valence-electron chi connectivity index (χ1n) is 10.3. The lowest BCUT2D eigenvalue weighted by Gasteiger charge is -2.31. The monoisotopic (exact) mass is 388 g/mol. The second kappa shape index (κ2) is 8.95. The molecule has 150 valence electrons. The van der Waals surface area contributed by atoms with Crippen LogP contribution in [-0.2, 0) is 6.54 Å². The third-order valence-electron chi connectivity index (χ3n) is 5.52. The van der Waals surface area contributed by atoms with Gasteiger partial charge >= 0.3 is 0 Å². The van der Waals surface area contributed by atoms with Gasteiger partial charge in [0.25, 0.3) is 0 Å². The molecule has 5 nitrogen and oxygen atoms in total. The Kier molecular flexibility index (Phi) is 5.94. The predicted octanol–water partition coefficient (Wildman–Crippen LogP) is 5.00. The van der Waals surface area contributed by atoms with Crippen molar-refractivity contribution in [2.45, 2.75) is 26.3 Å². The second-order valence-electron chi connectivity index (χ2n) is 7.64. The van der Waals surface area contributed by atoms with Crippen LogP contribution in [0, 0.1) is 5.92 Å². The Morgan fingerprint density at radius 3 is 2.48 bits per heavy atom. The van der Waals surface area contributed by atoms with Crippen LogP contribution in [-0.4, -0.2) is 30.2 Å². The van der Waals surface area contributed by atoms with Crippen molar-refractivity contribution >= 4 is 11.8 Å². The normalized spacial score (nSPS) is 14.6. The molecule has 1 aromatic heterocycles. The molecule has 1 aliphatic rings. The maximum Gasteiger partial charge on any atom is 0.225 e. The van der Waals surface area contributed by atoms with E-state index in [-0.39, 0.29) is 0 Å². The number of nitrogens with zero attached hydrogens (tertiary/aromatic N) is 3. The number of piperidine rings is 1. The molecule has 1 saturated heterocycles. The van der Waals surface area contributed by atoms with Crippen molar-refractivity contribution in [2.24, 2.45) is 5.92 Å². The number of nitrogens with one attached hydrogen (secondary N) is 1. The topological polar surface area (TPSA) is 50.3 Å². The van der Waals surface area contributed by atoms with Crippen LogP contribution < -0.4 is 15.0 Å². The van der Waals surface area contributed by atoms with Gasteiger partial charge in [-0.1, -0.05) is 55.5 Å². The Bertz CT molecular complexity index is 937. The molecule has 1 fully saturated rings. The summed E-state index contributed by atoms with van der Waals surface area (Å²) in [7, 11) is 1.70. The highest BCUT2D eigenvalue weighted by Crippen LogP contribution is 2.27. The first-order chi connectivity index (χ1) is 14.2. The minimum Gasteiger partial charge on any atom is -0.496 e. The van der Waals surface area contributed by atoms with E-state index in [0.29, 0.717) is 12.5 Å². The molecule has 1 aliphatic heterocycles. The molecule has 5 heteroatoms. The number of ether oxygens (including phenoxy) is 1. The molecular weight excluding hydrogens is 360 g/mol. The van der Waals surface area contributed by atoms with Gasteiger partial charge in [0, 0.05) is 36.8 Å². The highest BCUT2D eigenvalue weighted by atomic mass is 16.5. The summed E-state index contributed by atoms with van der Waals surface area (Å²) >= 11 is 0. The Hall–Kier alpha value is -3.08. The van der Waals surface area contributed by atoms with Crippen LogP contribution in [0.5, 0.6) is 5.75 Å². The van der Waals surface area contributed by atoms with Gasteiger partial charge in [-0.2, -0.15) is 4.98 Å². The summed E-state index contributed by atoms with van der Waals surface area (Å²) in [6.45, 7) is 5.02. The molecule has 0 unspecified atom stereocenters. The Labute approximate surface area is 172 Å². The average Bonchev–Trinajstić information content (AvgIpc) is 2.79. The van der Waals surface area contributed by atoms with Crippen LogP contribution in [0.1, 0.15) is 25.3 Å². The third-order valence-corrected chi connectivity index (χ3v) is 5.52. The van der Waals surface area contributed by atoms with Gasteiger partial charge in [0.1, 0.15) is 11.6 Å². The lowest BCUT2D eigenvalue weighted by molar-refractivity contribution is 0.410. The average molecular weight is 389 g/mol. The quantitative estimate of drug-likeness (QED) is 0.644. The molecule has 2 aromatic carbocycles. The number of hydrogen-bond donors (Lipinski definition) is 1. The van der Waals surface area contributed by atoms with Crippen molar-refractivity contribution in [1.29, 1.82) is 0 Å². The van der Waals surface area contributed by atoms with Gasteiger partial charge < -0.3 is 15.0 Å². The maximum atomic E-state index is 5.47. The lowest BCUT2D eigenvalue weighted by atomic mass is 9.99. The molecular formula is C24H28N4O. The van der Waals surface area contributed by atoms with Gasteiger partial charge in [-0.05, 0) is 24.8 Å². The van der Waals surface area contributed by atoms with E-state index >= 15 is 0 Å². The highest BCUT2D eigenvalue weighted by Gasteiger charge is 2.19. The summed E-state index contributed by atoms with van der Waals surface area (Å²) in [6.07, 6.45) is 2.41. The molecule has 0 saturated carbocycles. The van der Waals surface area contributed by atoms with E-state index in [1.54, 1.807) is 7.11 Å². The molecule has 0 spiro atoms. The van der Waals surface area contributed by atoms with Crippen LogP contribution in [0.25, 0.3) is 11.3 Å². The maximum absolute atomic E-state index is 5.47. The Balaban J connectivity index is 1.62. The number of methoxy groups -OCH3 is 1.